The van der Waals surface area contributed by atoms with E-state index in [0.717, 1.165) is 6.54 Å². The Hall–Kier alpha value is -1.10. The Morgan fingerprint density at radius 1 is 1.60 bits per heavy atom. The van der Waals surface area contributed by atoms with Crippen LogP contribution in [0.5, 0.6) is 0 Å². The third kappa shape index (κ3) is 6.90. The molecule has 1 aliphatic rings. The third-order valence-corrected chi connectivity index (χ3v) is 2.10. The van der Waals surface area contributed by atoms with E-state index in [1.807, 2.05) is 0 Å². The van der Waals surface area contributed by atoms with Crippen LogP contribution < -0.4 is 11.1 Å². The molecule has 0 bridgehead atoms. The highest BCUT2D eigenvalue weighted by atomic mass is 16.4. The number of carbonyl (C=O) groups is 2. The average molecular weight is 216 g/mol. The fraction of sp³-hybridized carbons (Fsp3) is 0.800. The van der Waals surface area contributed by atoms with Gasteiger partial charge in [-0.25, -0.2) is 4.79 Å². The molecule has 1 aliphatic heterocycles. The van der Waals surface area contributed by atoms with E-state index < -0.39 is 12.0 Å². The molecule has 1 amide bonds. The number of rotatable bonds is 4. The van der Waals surface area contributed by atoms with Crippen molar-refractivity contribution in [3.8, 4) is 0 Å². The molecular weight excluding hydrogens is 196 g/mol. The van der Waals surface area contributed by atoms with Crippen LogP contribution in [0.25, 0.3) is 0 Å². The van der Waals surface area contributed by atoms with E-state index in [2.05, 4.69) is 12.2 Å². The summed E-state index contributed by atoms with van der Waals surface area (Å²) in [6.07, 6.45) is 4.52. The van der Waals surface area contributed by atoms with E-state index in [-0.39, 0.29) is 5.91 Å². The van der Waals surface area contributed by atoms with Gasteiger partial charge in [-0.05, 0) is 19.4 Å². The van der Waals surface area contributed by atoms with Crippen LogP contribution in [0, 0.1) is 0 Å². The molecule has 0 radical (unpaired) electrons. The van der Waals surface area contributed by atoms with Crippen molar-refractivity contribution in [1.82, 2.24) is 5.32 Å². The van der Waals surface area contributed by atoms with Gasteiger partial charge in [-0.15, -0.1) is 0 Å². The van der Waals surface area contributed by atoms with E-state index in [4.69, 9.17) is 10.8 Å². The third-order valence-electron chi connectivity index (χ3n) is 2.10. The van der Waals surface area contributed by atoms with Crippen molar-refractivity contribution in [2.45, 2.75) is 45.1 Å². The molecule has 1 fully saturated rings. The van der Waals surface area contributed by atoms with Gasteiger partial charge in [0.1, 0.15) is 6.04 Å². The van der Waals surface area contributed by atoms with Crippen LogP contribution in [0.15, 0.2) is 0 Å². The highest BCUT2D eigenvalue weighted by molar-refractivity contribution is 5.87. The predicted octanol–water partition coefficient (Wildman–Crippen LogP) is 0.485. The number of nitrogens with one attached hydrogen (secondary N) is 1. The molecule has 88 valence electrons. The highest BCUT2D eigenvalue weighted by Gasteiger charge is 2.26. The molecule has 0 aromatic rings. The maximum atomic E-state index is 10.4. The molecule has 1 rings (SSSR count). The van der Waals surface area contributed by atoms with Crippen LogP contribution in [0.3, 0.4) is 0 Å². The molecule has 1 atom stereocenters. The molecule has 0 aromatic heterocycles. The predicted molar refractivity (Wildman–Crippen MR) is 57.4 cm³/mol. The first-order chi connectivity index (χ1) is 7.11. The number of aliphatic carboxylic acids is 1. The summed E-state index contributed by atoms with van der Waals surface area (Å²) in [5.41, 5.74) is 5.21. The molecular formula is C10H20N2O3. The van der Waals surface area contributed by atoms with Gasteiger partial charge in [0.2, 0.25) is 5.91 Å². The first kappa shape index (κ1) is 13.9. The summed E-state index contributed by atoms with van der Waals surface area (Å²) in [5.74, 6) is -1.11. The number of hydrogen-bond acceptors (Lipinski definition) is 3. The van der Waals surface area contributed by atoms with Crippen molar-refractivity contribution in [3.63, 3.8) is 0 Å². The zero-order valence-electron chi connectivity index (χ0n) is 9.16. The van der Waals surface area contributed by atoms with Crippen molar-refractivity contribution < 1.29 is 14.7 Å². The molecule has 0 aromatic carbocycles. The van der Waals surface area contributed by atoms with Gasteiger partial charge in [-0.1, -0.05) is 19.8 Å². The summed E-state index contributed by atoms with van der Waals surface area (Å²) >= 11 is 0. The zero-order chi connectivity index (χ0) is 11.7. The number of carbonyl (C=O) groups excluding carboxylic acids is 1. The minimum Gasteiger partial charge on any atom is -0.480 e. The molecule has 1 saturated heterocycles. The number of carboxylic acids is 1. The molecule has 15 heavy (non-hydrogen) atoms. The monoisotopic (exact) mass is 216 g/mol. The second kappa shape index (κ2) is 8.23. The summed E-state index contributed by atoms with van der Waals surface area (Å²) < 4.78 is 0. The summed E-state index contributed by atoms with van der Waals surface area (Å²) in [4.78, 5) is 20.5. The lowest BCUT2D eigenvalue weighted by Gasteiger charge is -1.99. The van der Waals surface area contributed by atoms with Gasteiger partial charge in [0.25, 0.3) is 0 Å². The van der Waals surface area contributed by atoms with Crippen molar-refractivity contribution in [2.24, 2.45) is 5.73 Å². The second-order valence-corrected chi connectivity index (χ2v) is 3.49. The standard InChI is InChI=1S/C5H7NO3.C5H13N/c7-4-2-1-3(6-4)5(8)9;1-2-3-4-5-6/h3H,1-2H2,(H,6,7)(H,8,9);2-6H2,1H3. The van der Waals surface area contributed by atoms with Gasteiger partial charge in [-0.3, -0.25) is 4.79 Å². The van der Waals surface area contributed by atoms with Gasteiger partial charge in [-0.2, -0.15) is 0 Å². The topological polar surface area (TPSA) is 92.4 Å². The fourth-order valence-electron chi connectivity index (χ4n) is 1.19. The van der Waals surface area contributed by atoms with Crippen molar-refractivity contribution in [1.29, 1.82) is 0 Å². The van der Waals surface area contributed by atoms with Crippen LogP contribution in [0.4, 0.5) is 0 Å². The second-order valence-electron chi connectivity index (χ2n) is 3.49. The number of nitrogens with two attached hydrogens (primary N) is 1. The summed E-state index contributed by atoms with van der Waals surface area (Å²) in [5, 5.41) is 10.6. The lowest BCUT2D eigenvalue weighted by molar-refractivity contribution is -0.140. The summed E-state index contributed by atoms with van der Waals surface area (Å²) in [7, 11) is 0. The van der Waals surface area contributed by atoms with Gasteiger partial charge in [0.05, 0.1) is 0 Å². The van der Waals surface area contributed by atoms with Crippen molar-refractivity contribution in [3.05, 3.63) is 0 Å². The highest BCUT2D eigenvalue weighted by Crippen LogP contribution is 2.05. The summed E-state index contributed by atoms with van der Waals surface area (Å²) in [6, 6.07) is -0.641. The Labute approximate surface area is 90.0 Å². The number of amides is 1. The minimum atomic E-state index is -0.944. The molecule has 0 spiro atoms. The Balaban J connectivity index is 0.000000288. The van der Waals surface area contributed by atoms with Crippen LogP contribution in [0.1, 0.15) is 39.0 Å². The number of unbranched alkanes of at least 4 members (excludes halogenated alkanes) is 2. The molecule has 0 aliphatic carbocycles. The van der Waals surface area contributed by atoms with Crippen LogP contribution in [-0.4, -0.2) is 29.6 Å². The SMILES string of the molecule is CCCCCN.O=C1CCC(C(=O)O)N1. The number of carboxylic acid groups (broad SMARTS) is 1. The largest absolute Gasteiger partial charge is 0.480 e. The van der Waals surface area contributed by atoms with E-state index in [1.54, 1.807) is 0 Å². The quantitative estimate of drug-likeness (QED) is 0.596. The van der Waals surface area contributed by atoms with E-state index in [1.165, 1.54) is 19.3 Å². The zero-order valence-corrected chi connectivity index (χ0v) is 9.16. The minimum absolute atomic E-state index is 0.164. The van der Waals surface area contributed by atoms with Gasteiger partial charge in [0, 0.05) is 6.42 Å². The van der Waals surface area contributed by atoms with E-state index >= 15 is 0 Å². The molecule has 5 heteroatoms. The van der Waals surface area contributed by atoms with E-state index in [0.29, 0.717) is 12.8 Å². The maximum Gasteiger partial charge on any atom is 0.326 e. The Morgan fingerprint density at radius 3 is 2.47 bits per heavy atom. The lowest BCUT2D eigenvalue weighted by Crippen LogP contribution is -2.32. The normalized spacial score (nSPS) is 19.1. The summed E-state index contributed by atoms with van der Waals surface area (Å²) in [6.45, 7) is 3.03. The van der Waals surface area contributed by atoms with Gasteiger partial charge < -0.3 is 16.2 Å². The number of hydrogen-bond donors (Lipinski definition) is 3. The molecule has 1 unspecified atom stereocenters. The van der Waals surface area contributed by atoms with Crippen molar-refractivity contribution >= 4 is 11.9 Å². The van der Waals surface area contributed by atoms with Gasteiger partial charge in [0.15, 0.2) is 0 Å². The smallest absolute Gasteiger partial charge is 0.326 e. The Morgan fingerprint density at radius 2 is 2.27 bits per heavy atom. The fourth-order valence-corrected chi connectivity index (χ4v) is 1.19. The first-order valence-corrected chi connectivity index (χ1v) is 5.34. The lowest BCUT2D eigenvalue weighted by atomic mass is 10.2. The van der Waals surface area contributed by atoms with Crippen LogP contribution in [0.2, 0.25) is 0 Å². The molecule has 0 saturated carbocycles. The first-order valence-electron chi connectivity index (χ1n) is 5.34. The Kier molecular flexibility index (Phi) is 7.62. The van der Waals surface area contributed by atoms with E-state index in [9.17, 15) is 9.59 Å². The van der Waals surface area contributed by atoms with Gasteiger partial charge >= 0.3 is 5.97 Å². The maximum absolute atomic E-state index is 10.4. The van der Waals surface area contributed by atoms with Crippen LogP contribution in [-0.2, 0) is 9.59 Å². The molecule has 1 heterocycles. The molecule has 4 N–H and O–H groups in total. The average Bonchev–Trinajstić information content (AvgIpc) is 2.63. The molecule has 5 nitrogen and oxygen atoms in total. The Bertz CT molecular complexity index is 203. The van der Waals surface area contributed by atoms with Crippen LogP contribution >= 0.6 is 0 Å². The van der Waals surface area contributed by atoms with Crippen molar-refractivity contribution in [2.75, 3.05) is 6.54 Å².